The number of likely N-dealkylation sites (tertiary alicyclic amines) is 1. The molecule has 7 nitrogen and oxygen atoms in total. The summed E-state index contributed by atoms with van der Waals surface area (Å²) in [5, 5.41) is 9.32. The van der Waals surface area contributed by atoms with Gasteiger partial charge in [0.2, 0.25) is 5.91 Å². The number of esters is 1. The molecule has 0 radical (unpaired) electrons. The summed E-state index contributed by atoms with van der Waals surface area (Å²) in [6.45, 7) is 14.4. The van der Waals surface area contributed by atoms with E-state index in [9.17, 15) is 19.5 Å². The van der Waals surface area contributed by atoms with Crippen LogP contribution in [-0.4, -0.2) is 70.1 Å². The molecule has 1 aromatic rings. The number of benzene rings is 1. The molecule has 200 valence electrons. The summed E-state index contributed by atoms with van der Waals surface area (Å²) < 4.78 is 4.73. The number of fused-ring (bicyclic) bond motifs is 1. The maximum absolute atomic E-state index is 14.6. The van der Waals surface area contributed by atoms with Gasteiger partial charge in [-0.3, -0.25) is 14.4 Å². The number of hydrogen-bond donors (Lipinski definition) is 1. The van der Waals surface area contributed by atoms with Gasteiger partial charge >= 0.3 is 5.97 Å². The van der Waals surface area contributed by atoms with Gasteiger partial charge in [0.05, 0.1) is 16.6 Å². The largest absolute Gasteiger partial charge is 0.461 e. The monoisotopic (exact) mass is 526 g/mol. The van der Waals surface area contributed by atoms with Crippen LogP contribution in [0.5, 0.6) is 0 Å². The third kappa shape index (κ3) is 4.42. The van der Waals surface area contributed by atoms with E-state index in [0.717, 1.165) is 23.2 Å². The number of rotatable bonds is 11. The van der Waals surface area contributed by atoms with Gasteiger partial charge in [-0.1, -0.05) is 43.9 Å². The van der Waals surface area contributed by atoms with Crippen molar-refractivity contribution in [1.29, 1.82) is 0 Å². The number of para-hydroxylation sites is 1. The molecule has 1 aromatic carbocycles. The normalized spacial score (nSPS) is 29.8. The highest BCUT2D eigenvalue weighted by Crippen LogP contribution is 2.68. The Morgan fingerprint density at radius 2 is 1.95 bits per heavy atom. The lowest BCUT2D eigenvalue weighted by molar-refractivity contribution is -0.153. The van der Waals surface area contributed by atoms with E-state index in [2.05, 4.69) is 20.1 Å². The Balaban J connectivity index is 1.81. The van der Waals surface area contributed by atoms with Crippen LogP contribution < -0.4 is 4.90 Å². The van der Waals surface area contributed by atoms with Gasteiger partial charge in [0, 0.05) is 30.6 Å². The number of aryl methyl sites for hydroxylation is 2. The number of carbonyl (C=O) groups excluding carboxylic acids is 3. The molecule has 3 saturated heterocycles. The van der Waals surface area contributed by atoms with Gasteiger partial charge in [0.15, 0.2) is 0 Å². The van der Waals surface area contributed by atoms with Crippen LogP contribution in [0.1, 0.15) is 37.3 Å². The highest BCUT2D eigenvalue weighted by Gasteiger charge is 2.76. The predicted octanol–water partition coefficient (Wildman–Crippen LogP) is 3.66. The molecular weight excluding hydrogens is 488 g/mol. The molecule has 0 saturated carbocycles. The van der Waals surface area contributed by atoms with Gasteiger partial charge in [-0.05, 0) is 50.2 Å². The number of unbranched alkanes of at least 4 members (excludes halogenated alkanes) is 1. The topological polar surface area (TPSA) is 87.2 Å². The van der Waals surface area contributed by atoms with Crippen molar-refractivity contribution in [2.24, 2.45) is 17.8 Å². The van der Waals surface area contributed by atoms with E-state index in [1.54, 1.807) is 27.6 Å². The summed E-state index contributed by atoms with van der Waals surface area (Å²) in [7, 11) is 0. The molecule has 0 aromatic heterocycles. The fourth-order valence-electron chi connectivity index (χ4n) is 6.74. The van der Waals surface area contributed by atoms with E-state index >= 15 is 0 Å². The molecule has 6 atom stereocenters. The minimum Gasteiger partial charge on any atom is -0.461 e. The molecule has 3 fully saturated rings. The molecule has 2 amide bonds. The molecule has 1 spiro atoms. The number of amides is 2. The van der Waals surface area contributed by atoms with Gasteiger partial charge in [0.25, 0.3) is 5.91 Å². The lowest BCUT2D eigenvalue weighted by Gasteiger charge is -2.41. The lowest BCUT2D eigenvalue weighted by atomic mass is 9.66. The second-order valence-corrected chi connectivity index (χ2v) is 12.0. The number of thioether (sulfide) groups is 1. The lowest BCUT2D eigenvalue weighted by Crippen LogP contribution is -2.57. The van der Waals surface area contributed by atoms with Crippen molar-refractivity contribution in [3.8, 4) is 0 Å². The van der Waals surface area contributed by atoms with Crippen molar-refractivity contribution in [3.63, 3.8) is 0 Å². The molecule has 4 rings (SSSR count). The van der Waals surface area contributed by atoms with Gasteiger partial charge in [0.1, 0.15) is 12.6 Å². The van der Waals surface area contributed by atoms with E-state index in [0.29, 0.717) is 25.9 Å². The second-order valence-electron chi connectivity index (χ2n) is 10.4. The Hall–Kier alpha value is -2.58. The molecule has 8 heteroatoms. The van der Waals surface area contributed by atoms with Crippen molar-refractivity contribution >= 4 is 35.2 Å². The Morgan fingerprint density at radius 1 is 1.24 bits per heavy atom. The molecule has 1 N–H and O–H groups in total. The molecule has 3 unspecified atom stereocenters. The maximum Gasteiger partial charge on any atom is 0.311 e. The number of anilines is 1. The summed E-state index contributed by atoms with van der Waals surface area (Å²) in [6, 6.07) is 5.21. The Morgan fingerprint density at radius 3 is 2.57 bits per heavy atom. The molecule has 37 heavy (non-hydrogen) atoms. The van der Waals surface area contributed by atoms with Crippen LogP contribution in [0, 0.1) is 31.6 Å². The quantitative estimate of drug-likeness (QED) is 0.269. The van der Waals surface area contributed by atoms with Crippen molar-refractivity contribution in [1.82, 2.24) is 4.90 Å². The van der Waals surface area contributed by atoms with Crippen molar-refractivity contribution in [2.75, 3.05) is 31.2 Å². The first-order valence-electron chi connectivity index (χ1n) is 13.1. The number of hydrogen-bond acceptors (Lipinski definition) is 6. The first kappa shape index (κ1) is 27.5. The predicted molar refractivity (Wildman–Crippen MR) is 146 cm³/mol. The van der Waals surface area contributed by atoms with Crippen molar-refractivity contribution in [2.45, 2.75) is 56.1 Å². The van der Waals surface area contributed by atoms with Crippen LogP contribution in [0.15, 0.2) is 43.5 Å². The Kier molecular flexibility index (Phi) is 8.19. The summed E-state index contributed by atoms with van der Waals surface area (Å²) in [4.78, 5) is 45.4. The average Bonchev–Trinajstić information content (AvgIpc) is 3.45. The zero-order valence-electron chi connectivity index (χ0n) is 22.0. The van der Waals surface area contributed by atoms with E-state index in [1.165, 1.54) is 6.08 Å². The van der Waals surface area contributed by atoms with E-state index < -0.39 is 22.6 Å². The standard InChI is InChI=1S/C29H38N2O5S/c1-6-13-30(24-18(3)11-10-12-19(24)4)27(34)25-29-20(5)17-21(37-29)22(28(35)36-16-7-2)23(29)26(33)31(25)14-8-9-15-32/h6-7,10-12,20-23,25,32H,1-2,8-9,13-17H2,3-5H3/t20?,21-,22+,23-,25?,29?/m0/s1. The van der Waals surface area contributed by atoms with Gasteiger partial charge in [-0.2, -0.15) is 0 Å². The van der Waals surface area contributed by atoms with Gasteiger partial charge in [-0.15, -0.1) is 18.3 Å². The summed E-state index contributed by atoms with van der Waals surface area (Å²) >= 11 is 1.64. The molecule has 0 aliphatic carbocycles. The average molecular weight is 527 g/mol. The van der Waals surface area contributed by atoms with E-state index in [4.69, 9.17) is 4.74 Å². The number of ether oxygens (including phenoxy) is 1. The van der Waals surface area contributed by atoms with Crippen LogP contribution in [0.2, 0.25) is 0 Å². The highest BCUT2D eigenvalue weighted by molar-refractivity contribution is 8.02. The Labute approximate surface area is 223 Å². The fourth-order valence-corrected chi connectivity index (χ4v) is 9.14. The maximum atomic E-state index is 14.6. The fraction of sp³-hybridized carbons (Fsp3) is 0.552. The molecule has 3 aliphatic rings. The van der Waals surface area contributed by atoms with Gasteiger partial charge in [-0.25, -0.2) is 0 Å². The minimum absolute atomic E-state index is 0.0178. The smallest absolute Gasteiger partial charge is 0.311 e. The van der Waals surface area contributed by atoms with Crippen molar-refractivity contribution in [3.05, 3.63) is 54.6 Å². The first-order valence-corrected chi connectivity index (χ1v) is 14.0. The number of aliphatic hydroxyl groups excluding tert-OH is 1. The number of nitrogens with zero attached hydrogens (tertiary/aromatic N) is 2. The second kappa shape index (κ2) is 11.0. The summed E-state index contributed by atoms with van der Waals surface area (Å²) in [6.07, 6.45) is 5.10. The number of carbonyl (C=O) groups is 3. The molecule has 3 heterocycles. The first-order chi connectivity index (χ1) is 17.7. The van der Waals surface area contributed by atoms with Crippen LogP contribution in [0.4, 0.5) is 5.69 Å². The van der Waals surface area contributed by atoms with Gasteiger partial charge < -0.3 is 19.6 Å². The minimum atomic E-state index is -0.718. The van der Waals surface area contributed by atoms with Crippen LogP contribution >= 0.6 is 11.8 Å². The Bertz CT molecular complexity index is 1070. The zero-order chi connectivity index (χ0) is 26.9. The summed E-state index contributed by atoms with van der Waals surface area (Å²) in [5.74, 6) is -1.81. The van der Waals surface area contributed by atoms with E-state index in [1.807, 2.05) is 32.0 Å². The third-order valence-corrected chi connectivity index (χ3v) is 10.3. The SMILES string of the molecule is C=CCOC(=O)[C@@H]1[C@@H]2CC(C)C3(S2)C(C(=O)N(CC=C)c2c(C)cccc2C)N(CCCCO)C(=O)[C@H]13. The number of aliphatic hydroxyl groups is 1. The van der Waals surface area contributed by atoms with Crippen LogP contribution in [-0.2, 0) is 19.1 Å². The van der Waals surface area contributed by atoms with Crippen molar-refractivity contribution < 1.29 is 24.2 Å². The molecule has 2 bridgehead atoms. The van der Waals surface area contributed by atoms with Crippen LogP contribution in [0.25, 0.3) is 0 Å². The highest BCUT2D eigenvalue weighted by atomic mass is 32.2. The van der Waals surface area contributed by atoms with E-state index in [-0.39, 0.29) is 42.2 Å². The summed E-state index contributed by atoms with van der Waals surface area (Å²) in [5.41, 5.74) is 2.78. The molecule has 3 aliphatic heterocycles. The molecular formula is C29H38N2O5S. The zero-order valence-corrected chi connectivity index (χ0v) is 22.8. The third-order valence-electron chi connectivity index (χ3n) is 8.19. The van der Waals surface area contributed by atoms with Crippen LogP contribution in [0.3, 0.4) is 0 Å².